The molecule has 1 unspecified atom stereocenters. The van der Waals surface area contributed by atoms with Crippen LogP contribution in [-0.4, -0.2) is 36.2 Å². The minimum atomic E-state index is -0.110. The van der Waals surface area contributed by atoms with E-state index in [0.29, 0.717) is 0 Å². The van der Waals surface area contributed by atoms with Gasteiger partial charge in [0.15, 0.2) is 5.13 Å². The molecule has 3 heterocycles. The fourth-order valence-electron chi connectivity index (χ4n) is 4.56. The fourth-order valence-corrected chi connectivity index (χ4v) is 5.29. The molecule has 29 heavy (non-hydrogen) atoms. The molecular weight excluding hydrogens is 383 g/mol. The molecule has 2 aromatic heterocycles. The van der Waals surface area contributed by atoms with E-state index in [2.05, 4.69) is 56.6 Å². The van der Waals surface area contributed by atoms with Crippen molar-refractivity contribution in [2.24, 2.45) is 10.8 Å². The molecule has 0 spiro atoms. The van der Waals surface area contributed by atoms with Gasteiger partial charge in [0.1, 0.15) is 0 Å². The Balaban J connectivity index is 1.86. The van der Waals surface area contributed by atoms with Gasteiger partial charge in [0.2, 0.25) is 0 Å². The van der Waals surface area contributed by atoms with Gasteiger partial charge in [0.05, 0.1) is 6.61 Å². The van der Waals surface area contributed by atoms with Crippen LogP contribution in [0.15, 0.2) is 30.5 Å². The van der Waals surface area contributed by atoms with E-state index in [1.165, 1.54) is 16.9 Å². The molecule has 160 valence electrons. The Kier molecular flexibility index (Phi) is 6.52. The van der Waals surface area contributed by atoms with Gasteiger partial charge in [-0.05, 0) is 69.7 Å². The summed E-state index contributed by atoms with van der Waals surface area (Å²) < 4.78 is 19.5. The summed E-state index contributed by atoms with van der Waals surface area (Å²) in [6, 6.07) is 7.80. The maximum absolute atomic E-state index is 13.5. The van der Waals surface area contributed by atoms with Gasteiger partial charge >= 0.3 is 0 Å². The van der Waals surface area contributed by atoms with Crippen molar-refractivity contribution in [1.82, 2.24) is 9.88 Å². The lowest BCUT2D eigenvalue weighted by atomic mass is 9.66. The van der Waals surface area contributed by atoms with Gasteiger partial charge in [-0.25, -0.2) is 0 Å². The Bertz CT molecular complexity index is 815. The molecule has 3 rings (SSSR count). The highest BCUT2D eigenvalue weighted by molar-refractivity contribution is 7.10. The minimum Gasteiger partial charge on any atom is -0.381 e. The SMILES string of the molecule is CCOCC1(CCc2ccc(F)s2)CN(C(C)(C)c2ccc(C)nc2)CC1(C)C. The third kappa shape index (κ3) is 4.57. The molecule has 0 N–H and O–H groups in total. The van der Waals surface area contributed by atoms with Crippen LogP contribution in [0.25, 0.3) is 0 Å². The summed E-state index contributed by atoms with van der Waals surface area (Å²) in [6.45, 7) is 16.8. The lowest BCUT2D eigenvalue weighted by Gasteiger charge is -2.40. The average Bonchev–Trinajstić information content (AvgIpc) is 3.19. The second kappa shape index (κ2) is 8.44. The summed E-state index contributed by atoms with van der Waals surface area (Å²) in [5.41, 5.74) is 2.29. The van der Waals surface area contributed by atoms with Crippen LogP contribution < -0.4 is 0 Å². The molecule has 1 aliphatic heterocycles. The summed E-state index contributed by atoms with van der Waals surface area (Å²) in [6.07, 6.45) is 3.91. The lowest BCUT2D eigenvalue weighted by Crippen LogP contribution is -2.43. The largest absolute Gasteiger partial charge is 0.381 e. The molecule has 0 aromatic carbocycles. The standard InChI is InChI=1S/C24H35FN2OS/c1-7-28-17-24(13-12-20-10-11-21(25)29-20)16-27(15-22(24,3)4)23(5,6)19-9-8-18(2)26-14-19/h8-11,14H,7,12-13,15-17H2,1-6H3. The van der Waals surface area contributed by atoms with Gasteiger partial charge in [0, 0.05) is 47.4 Å². The molecule has 0 radical (unpaired) electrons. The quantitative estimate of drug-likeness (QED) is 0.540. The topological polar surface area (TPSA) is 25.4 Å². The first-order valence-electron chi connectivity index (χ1n) is 10.6. The molecule has 0 aliphatic carbocycles. The van der Waals surface area contributed by atoms with E-state index in [-0.39, 0.29) is 21.5 Å². The summed E-state index contributed by atoms with van der Waals surface area (Å²) >= 11 is 1.27. The lowest BCUT2D eigenvalue weighted by molar-refractivity contribution is -0.00587. The number of hydrogen-bond donors (Lipinski definition) is 0. The van der Waals surface area contributed by atoms with Gasteiger partial charge in [-0.3, -0.25) is 9.88 Å². The van der Waals surface area contributed by atoms with E-state index >= 15 is 0 Å². The fraction of sp³-hybridized carbons (Fsp3) is 0.625. The van der Waals surface area contributed by atoms with Crippen molar-refractivity contribution in [2.45, 2.75) is 59.9 Å². The number of aromatic nitrogens is 1. The molecule has 1 saturated heterocycles. The van der Waals surface area contributed by atoms with Crippen LogP contribution >= 0.6 is 11.3 Å². The Morgan fingerprint density at radius 1 is 1.21 bits per heavy atom. The summed E-state index contributed by atoms with van der Waals surface area (Å²) in [5.74, 6) is 0. The van der Waals surface area contributed by atoms with Crippen molar-refractivity contribution in [1.29, 1.82) is 0 Å². The van der Waals surface area contributed by atoms with Crippen molar-refractivity contribution < 1.29 is 9.13 Å². The summed E-state index contributed by atoms with van der Waals surface area (Å²) in [7, 11) is 0. The highest BCUT2D eigenvalue weighted by Gasteiger charge is 2.54. The maximum atomic E-state index is 13.5. The zero-order valence-electron chi connectivity index (χ0n) is 18.7. The van der Waals surface area contributed by atoms with Crippen molar-refractivity contribution in [3.05, 3.63) is 51.7 Å². The maximum Gasteiger partial charge on any atom is 0.176 e. The molecule has 1 fully saturated rings. The van der Waals surface area contributed by atoms with Crippen molar-refractivity contribution in [3.63, 3.8) is 0 Å². The third-order valence-electron chi connectivity index (χ3n) is 6.99. The van der Waals surface area contributed by atoms with Crippen LogP contribution in [0.1, 0.15) is 57.2 Å². The van der Waals surface area contributed by atoms with Crippen molar-refractivity contribution in [3.8, 4) is 0 Å². The Morgan fingerprint density at radius 2 is 1.97 bits per heavy atom. The Morgan fingerprint density at radius 3 is 2.55 bits per heavy atom. The van der Waals surface area contributed by atoms with Gasteiger partial charge in [-0.2, -0.15) is 4.39 Å². The number of rotatable bonds is 8. The van der Waals surface area contributed by atoms with Gasteiger partial charge < -0.3 is 4.74 Å². The highest BCUT2D eigenvalue weighted by atomic mass is 32.1. The van der Waals surface area contributed by atoms with E-state index in [9.17, 15) is 4.39 Å². The first-order valence-corrected chi connectivity index (χ1v) is 11.4. The average molecular weight is 419 g/mol. The second-order valence-corrected chi connectivity index (χ2v) is 10.7. The number of halogens is 1. The number of likely N-dealkylation sites (tertiary alicyclic amines) is 1. The molecular formula is C24H35FN2OS. The molecule has 0 saturated carbocycles. The highest BCUT2D eigenvalue weighted by Crippen LogP contribution is 2.52. The molecule has 2 aromatic rings. The van der Waals surface area contributed by atoms with E-state index in [1.54, 1.807) is 6.07 Å². The van der Waals surface area contributed by atoms with E-state index in [0.717, 1.165) is 49.7 Å². The number of nitrogens with zero attached hydrogens (tertiary/aromatic N) is 2. The molecule has 5 heteroatoms. The number of aryl methyl sites for hydroxylation is 2. The van der Waals surface area contributed by atoms with E-state index in [1.807, 2.05) is 19.2 Å². The zero-order valence-corrected chi connectivity index (χ0v) is 19.5. The first kappa shape index (κ1) is 22.4. The van der Waals surface area contributed by atoms with Crippen LogP contribution in [0, 0.1) is 22.9 Å². The van der Waals surface area contributed by atoms with Crippen LogP contribution in [0.5, 0.6) is 0 Å². The second-order valence-electron chi connectivity index (χ2n) is 9.61. The summed E-state index contributed by atoms with van der Waals surface area (Å²) in [5, 5.41) is -0.0980. The van der Waals surface area contributed by atoms with E-state index in [4.69, 9.17) is 4.74 Å². The number of hydrogen-bond acceptors (Lipinski definition) is 4. The zero-order chi connectivity index (χ0) is 21.3. The van der Waals surface area contributed by atoms with E-state index < -0.39 is 0 Å². The molecule has 0 amide bonds. The minimum absolute atomic E-state index is 0.0267. The predicted octanol–water partition coefficient (Wildman–Crippen LogP) is 5.82. The molecule has 1 atom stereocenters. The van der Waals surface area contributed by atoms with Gasteiger partial charge in [-0.1, -0.05) is 19.9 Å². The number of ether oxygens (including phenoxy) is 1. The summed E-state index contributed by atoms with van der Waals surface area (Å²) in [4.78, 5) is 8.24. The Labute approximate surface area is 179 Å². The molecule has 3 nitrogen and oxygen atoms in total. The van der Waals surface area contributed by atoms with Crippen LogP contribution in [-0.2, 0) is 16.7 Å². The number of pyridine rings is 1. The normalized spacial score (nSPS) is 22.3. The molecule has 0 bridgehead atoms. The molecule has 1 aliphatic rings. The van der Waals surface area contributed by atoms with Crippen LogP contribution in [0.2, 0.25) is 0 Å². The monoisotopic (exact) mass is 418 g/mol. The Hall–Kier alpha value is -1.30. The van der Waals surface area contributed by atoms with Gasteiger partial charge in [0.25, 0.3) is 0 Å². The third-order valence-corrected chi connectivity index (χ3v) is 7.92. The predicted molar refractivity (Wildman–Crippen MR) is 119 cm³/mol. The van der Waals surface area contributed by atoms with Crippen LogP contribution in [0.4, 0.5) is 4.39 Å². The number of thiophene rings is 1. The van der Waals surface area contributed by atoms with Crippen molar-refractivity contribution in [2.75, 3.05) is 26.3 Å². The van der Waals surface area contributed by atoms with Crippen LogP contribution in [0.3, 0.4) is 0 Å². The smallest absolute Gasteiger partial charge is 0.176 e. The van der Waals surface area contributed by atoms with Crippen molar-refractivity contribution >= 4 is 11.3 Å². The first-order chi connectivity index (χ1) is 13.6. The van der Waals surface area contributed by atoms with Gasteiger partial charge in [-0.15, -0.1) is 11.3 Å².